The van der Waals surface area contributed by atoms with Crippen LogP contribution in [0.4, 0.5) is 0 Å². The third-order valence-electron chi connectivity index (χ3n) is 3.66. The smallest absolute Gasteiger partial charge is 0.0170 e. The summed E-state index contributed by atoms with van der Waals surface area (Å²) in [7, 11) is 0. The zero-order chi connectivity index (χ0) is 7.62. The van der Waals surface area contributed by atoms with Gasteiger partial charge in [0.15, 0.2) is 0 Å². The first-order valence-corrected chi connectivity index (χ1v) is 4.16. The molecule has 2 heteroatoms. The molecule has 3 aliphatic rings. The van der Waals surface area contributed by atoms with Crippen LogP contribution in [0, 0.1) is 10.8 Å². The highest BCUT2D eigenvalue weighted by Crippen LogP contribution is 2.72. The minimum absolute atomic E-state index is 0. The average molecular weight is 175 g/mol. The highest BCUT2D eigenvalue weighted by atomic mass is 35.5. The highest BCUT2D eigenvalue weighted by Gasteiger charge is 2.69. The molecule has 0 aliphatic heterocycles. The van der Waals surface area contributed by atoms with Crippen molar-refractivity contribution in [3.8, 4) is 0 Å². The Balaban J connectivity index is 0.000000605. The number of hydrogen-bond acceptors (Lipinski definition) is 1. The third kappa shape index (κ3) is 0.940. The first-order valence-electron chi connectivity index (χ1n) is 4.16. The molecule has 0 unspecified atom stereocenters. The van der Waals surface area contributed by atoms with E-state index in [9.17, 15) is 0 Å². The Morgan fingerprint density at radius 2 is 1.45 bits per heavy atom. The van der Waals surface area contributed by atoms with Crippen LogP contribution in [-0.4, -0.2) is 5.54 Å². The van der Waals surface area contributed by atoms with Gasteiger partial charge in [0, 0.05) is 5.54 Å². The number of hydrogen-bond donors (Lipinski definition) is 1. The van der Waals surface area contributed by atoms with E-state index < -0.39 is 0 Å². The van der Waals surface area contributed by atoms with Crippen molar-refractivity contribution in [3.05, 3.63) is 0 Å². The number of halogens is 1. The lowest BCUT2D eigenvalue weighted by molar-refractivity contribution is -0.199. The molecule has 3 saturated carbocycles. The standard InChI is InChI=1S/C9H17N.ClH/c1-7(2,3)8-4-9(10,5-8)6-8;/h4-6,10H2,1-3H3;1H/p-1. The quantitative estimate of drug-likeness (QED) is 0.497. The van der Waals surface area contributed by atoms with Crippen LogP contribution in [0.2, 0.25) is 0 Å². The monoisotopic (exact) mass is 174 g/mol. The summed E-state index contributed by atoms with van der Waals surface area (Å²) in [4.78, 5) is 0. The summed E-state index contributed by atoms with van der Waals surface area (Å²) < 4.78 is 0. The molecule has 0 saturated heterocycles. The molecule has 3 aliphatic carbocycles. The van der Waals surface area contributed by atoms with Crippen molar-refractivity contribution < 1.29 is 12.4 Å². The van der Waals surface area contributed by atoms with Crippen molar-refractivity contribution >= 4 is 0 Å². The fraction of sp³-hybridized carbons (Fsp3) is 1.00. The summed E-state index contributed by atoms with van der Waals surface area (Å²) >= 11 is 0. The Hall–Kier alpha value is 0.250. The first-order chi connectivity index (χ1) is 4.37. The summed E-state index contributed by atoms with van der Waals surface area (Å²) in [6, 6.07) is 0. The van der Waals surface area contributed by atoms with Gasteiger partial charge >= 0.3 is 0 Å². The summed E-state index contributed by atoms with van der Waals surface area (Å²) in [5, 5.41) is 0. The van der Waals surface area contributed by atoms with E-state index in [2.05, 4.69) is 20.8 Å². The number of nitrogens with two attached hydrogens (primary N) is 1. The predicted molar refractivity (Wildman–Crippen MR) is 42.7 cm³/mol. The molecule has 11 heavy (non-hydrogen) atoms. The molecular weight excluding hydrogens is 158 g/mol. The fourth-order valence-corrected chi connectivity index (χ4v) is 2.66. The van der Waals surface area contributed by atoms with Crippen molar-refractivity contribution in [1.82, 2.24) is 0 Å². The molecule has 0 aromatic rings. The van der Waals surface area contributed by atoms with Crippen LogP contribution in [0.1, 0.15) is 40.0 Å². The van der Waals surface area contributed by atoms with E-state index in [1.165, 1.54) is 19.3 Å². The fourth-order valence-electron chi connectivity index (χ4n) is 2.66. The van der Waals surface area contributed by atoms with Gasteiger partial charge in [0.05, 0.1) is 0 Å². The average Bonchev–Trinajstić information content (AvgIpc) is 1.51. The predicted octanol–water partition coefficient (Wildman–Crippen LogP) is -1.08. The van der Waals surface area contributed by atoms with Gasteiger partial charge in [0.1, 0.15) is 0 Å². The normalized spacial score (nSPS) is 46.9. The van der Waals surface area contributed by atoms with Crippen molar-refractivity contribution in [3.63, 3.8) is 0 Å². The number of rotatable bonds is 0. The molecule has 1 nitrogen and oxygen atoms in total. The zero-order valence-corrected chi connectivity index (χ0v) is 8.33. The second-order valence-electron chi connectivity index (χ2n) is 5.42. The van der Waals surface area contributed by atoms with E-state index in [0.717, 1.165) is 0 Å². The Labute approximate surface area is 75.1 Å². The van der Waals surface area contributed by atoms with Gasteiger partial charge in [-0.3, -0.25) is 0 Å². The van der Waals surface area contributed by atoms with Gasteiger partial charge in [-0.2, -0.15) is 0 Å². The van der Waals surface area contributed by atoms with E-state index >= 15 is 0 Å². The molecule has 3 rings (SSSR count). The first kappa shape index (κ1) is 9.34. The molecule has 66 valence electrons. The van der Waals surface area contributed by atoms with Gasteiger partial charge < -0.3 is 18.1 Å². The summed E-state index contributed by atoms with van der Waals surface area (Å²) in [5.74, 6) is 0. The van der Waals surface area contributed by atoms with Gasteiger partial charge in [-0.15, -0.1) is 0 Å². The van der Waals surface area contributed by atoms with Crippen LogP contribution in [0.25, 0.3) is 0 Å². The maximum Gasteiger partial charge on any atom is 0.0170 e. The van der Waals surface area contributed by atoms with Gasteiger partial charge in [-0.1, -0.05) is 20.8 Å². The molecule has 2 N–H and O–H groups in total. The van der Waals surface area contributed by atoms with E-state index in [4.69, 9.17) is 5.73 Å². The minimum Gasteiger partial charge on any atom is -1.00 e. The molecule has 2 bridgehead atoms. The van der Waals surface area contributed by atoms with E-state index in [-0.39, 0.29) is 17.9 Å². The largest absolute Gasteiger partial charge is 1.00 e. The van der Waals surface area contributed by atoms with Gasteiger partial charge in [-0.25, -0.2) is 0 Å². The lowest BCUT2D eigenvalue weighted by Gasteiger charge is -2.74. The Morgan fingerprint density at radius 3 is 1.55 bits per heavy atom. The maximum absolute atomic E-state index is 5.97. The third-order valence-corrected chi connectivity index (χ3v) is 3.66. The molecule has 0 atom stereocenters. The van der Waals surface area contributed by atoms with Gasteiger partial charge in [0.25, 0.3) is 0 Å². The van der Waals surface area contributed by atoms with E-state index in [1.807, 2.05) is 0 Å². The lowest BCUT2D eigenvalue weighted by Crippen LogP contribution is -3.00. The Kier molecular flexibility index (Phi) is 1.65. The van der Waals surface area contributed by atoms with Crippen LogP contribution in [0.5, 0.6) is 0 Å². The van der Waals surface area contributed by atoms with E-state index in [0.29, 0.717) is 10.8 Å². The summed E-state index contributed by atoms with van der Waals surface area (Å²) in [6.07, 6.45) is 3.84. The Morgan fingerprint density at radius 1 is 1.09 bits per heavy atom. The van der Waals surface area contributed by atoms with Crippen molar-refractivity contribution in [2.24, 2.45) is 16.6 Å². The molecule has 0 aromatic heterocycles. The molecule has 0 radical (unpaired) electrons. The summed E-state index contributed by atoms with van der Waals surface area (Å²) in [6.45, 7) is 7.02. The highest BCUT2D eigenvalue weighted by molar-refractivity contribution is 5.24. The molecule has 0 heterocycles. The van der Waals surface area contributed by atoms with Crippen LogP contribution >= 0.6 is 0 Å². The molecular formula is C9H17ClN-. The topological polar surface area (TPSA) is 26.0 Å². The molecule has 0 spiro atoms. The second-order valence-corrected chi connectivity index (χ2v) is 5.42. The molecule has 3 fully saturated rings. The van der Waals surface area contributed by atoms with E-state index in [1.54, 1.807) is 0 Å². The second kappa shape index (κ2) is 1.94. The SMILES string of the molecule is CC(C)(C)C12CC(N)(C1)C2.[Cl-]. The van der Waals surface area contributed by atoms with Crippen molar-refractivity contribution in [1.29, 1.82) is 0 Å². The van der Waals surface area contributed by atoms with Crippen molar-refractivity contribution in [2.75, 3.05) is 0 Å². The zero-order valence-electron chi connectivity index (χ0n) is 7.58. The molecule has 0 aromatic carbocycles. The van der Waals surface area contributed by atoms with Crippen LogP contribution in [0.15, 0.2) is 0 Å². The minimum atomic E-state index is 0. The lowest BCUT2D eigenvalue weighted by atomic mass is 9.33. The Bertz CT molecular complexity index is 161. The van der Waals surface area contributed by atoms with Gasteiger partial charge in [0.2, 0.25) is 0 Å². The molecule has 0 amide bonds. The maximum atomic E-state index is 5.97. The van der Waals surface area contributed by atoms with Crippen LogP contribution in [0.3, 0.4) is 0 Å². The van der Waals surface area contributed by atoms with Crippen molar-refractivity contribution in [2.45, 2.75) is 45.6 Å². The van der Waals surface area contributed by atoms with Crippen LogP contribution in [-0.2, 0) is 0 Å². The van der Waals surface area contributed by atoms with Crippen LogP contribution < -0.4 is 18.1 Å². The summed E-state index contributed by atoms with van der Waals surface area (Å²) in [5.41, 5.74) is 7.39. The van der Waals surface area contributed by atoms with Gasteiger partial charge in [-0.05, 0) is 30.1 Å².